The molecule has 2 atom stereocenters. The maximum Gasteiger partial charge on any atom is 0.221 e. The summed E-state index contributed by atoms with van der Waals surface area (Å²) >= 11 is 0. The monoisotopic (exact) mass is 425 g/mol. The van der Waals surface area contributed by atoms with Gasteiger partial charge >= 0.3 is 0 Å². The lowest BCUT2D eigenvalue weighted by Crippen LogP contribution is -2.44. The first-order chi connectivity index (χ1) is 14.5. The van der Waals surface area contributed by atoms with Crippen LogP contribution in [-0.2, 0) is 23.1 Å². The quantitative estimate of drug-likeness (QED) is 0.574. The van der Waals surface area contributed by atoms with Crippen LogP contribution in [0.5, 0.6) is 5.75 Å². The highest BCUT2D eigenvalue weighted by Gasteiger charge is 2.40. The van der Waals surface area contributed by atoms with Crippen molar-refractivity contribution in [3.05, 3.63) is 84.4 Å². The smallest absolute Gasteiger partial charge is 0.221 e. The molecule has 0 amide bonds. The number of sulfonamides is 1. The summed E-state index contributed by atoms with van der Waals surface area (Å²) in [6, 6.07) is 17.2. The van der Waals surface area contributed by atoms with E-state index in [1.54, 1.807) is 16.8 Å². The van der Waals surface area contributed by atoms with Crippen LogP contribution in [0.15, 0.2) is 73.3 Å². The molecule has 1 aliphatic heterocycles. The largest absolute Gasteiger partial charge is 0.492 e. The van der Waals surface area contributed by atoms with Crippen LogP contribution in [0.25, 0.3) is 0 Å². The average Bonchev–Trinajstić information content (AvgIpc) is 3.26. The molecule has 0 bridgehead atoms. The van der Waals surface area contributed by atoms with Crippen molar-refractivity contribution in [1.29, 1.82) is 0 Å². The number of rotatable bonds is 7. The number of nitrogens with zero attached hydrogens (tertiary/aromatic N) is 3. The van der Waals surface area contributed by atoms with Crippen molar-refractivity contribution in [2.24, 2.45) is 0 Å². The summed E-state index contributed by atoms with van der Waals surface area (Å²) in [6.45, 7) is 3.65. The predicted molar refractivity (Wildman–Crippen MR) is 117 cm³/mol. The van der Waals surface area contributed by atoms with Gasteiger partial charge in [0, 0.05) is 25.0 Å². The van der Waals surface area contributed by atoms with Gasteiger partial charge in [-0.25, -0.2) is 13.4 Å². The minimum Gasteiger partial charge on any atom is -0.492 e. The molecule has 7 heteroatoms. The molecule has 1 aliphatic rings. The molecule has 4 rings (SSSR count). The Kier molecular flexibility index (Phi) is 6.20. The lowest BCUT2D eigenvalue weighted by Gasteiger charge is -2.37. The van der Waals surface area contributed by atoms with E-state index in [1.807, 2.05) is 72.3 Å². The van der Waals surface area contributed by atoms with Gasteiger partial charge < -0.3 is 9.30 Å². The molecule has 0 aliphatic carbocycles. The first-order valence-corrected chi connectivity index (χ1v) is 11.8. The van der Waals surface area contributed by atoms with Crippen LogP contribution in [0.1, 0.15) is 36.1 Å². The van der Waals surface area contributed by atoms with Gasteiger partial charge in [-0.2, -0.15) is 4.31 Å². The zero-order valence-electron chi connectivity index (χ0n) is 17.1. The second-order valence-electron chi connectivity index (χ2n) is 7.71. The number of ether oxygens (including phenoxy) is 1. The highest BCUT2D eigenvalue weighted by molar-refractivity contribution is 7.89. The van der Waals surface area contributed by atoms with Crippen molar-refractivity contribution >= 4 is 10.0 Å². The van der Waals surface area contributed by atoms with E-state index < -0.39 is 15.3 Å². The molecule has 1 unspecified atom stereocenters. The predicted octanol–water partition coefficient (Wildman–Crippen LogP) is 4.02. The fourth-order valence-corrected chi connectivity index (χ4v) is 6.11. The number of hydrogen-bond donors (Lipinski definition) is 0. The van der Waals surface area contributed by atoms with Gasteiger partial charge in [0.25, 0.3) is 0 Å². The Balaban J connectivity index is 1.42. The van der Waals surface area contributed by atoms with Gasteiger partial charge in [0.15, 0.2) is 0 Å². The number of benzene rings is 2. The van der Waals surface area contributed by atoms with Crippen molar-refractivity contribution in [1.82, 2.24) is 13.9 Å². The molecule has 2 heterocycles. The van der Waals surface area contributed by atoms with Gasteiger partial charge in [0.2, 0.25) is 10.0 Å². The van der Waals surface area contributed by atoms with E-state index in [9.17, 15) is 8.42 Å². The van der Waals surface area contributed by atoms with Crippen LogP contribution in [0, 0.1) is 0 Å². The van der Waals surface area contributed by atoms with Crippen molar-refractivity contribution in [3.8, 4) is 5.75 Å². The van der Waals surface area contributed by atoms with Gasteiger partial charge in [-0.05, 0) is 43.0 Å². The summed E-state index contributed by atoms with van der Waals surface area (Å²) in [5, 5.41) is -0.472. The van der Waals surface area contributed by atoms with Gasteiger partial charge in [0.1, 0.15) is 17.6 Å². The molecule has 1 fully saturated rings. The third-order valence-electron chi connectivity index (χ3n) is 5.64. The SMILES string of the molecule is C[C@H]1CCC(c2ccccc2)S(=O)(=O)N1Cc1ccc(OCCn2ccnc2)cc1. The highest BCUT2D eigenvalue weighted by atomic mass is 32.2. The number of aromatic nitrogens is 2. The van der Waals surface area contributed by atoms with Crippen LogP contribution >= 0.6 is 0 Å². The zero-order chi connectivity index (χ0) is 21.0. The molecule has 0 spiro atoms. The van der Waals surface area contributed by atoms with Crippen molar-refractivity contribution < 1.29 is 13.2 Å². The lowest BCUT2D eigenvalue weighted by molar-refractivity contribution is 0.281. The first-order valence-electron chi connectivity index (χ1n) is 10.3. The van der Waals surface area contributed by atoms with Crippen molar-refractivity contribution in [3.63, 3.8) is 0 Å². The maximum atomic E-state index is 13.3. The molecular formula is C23H27N3O3S. The third kappa shape index (κ3) is 4.57. The van der Waals surface area contributed by atoms with E-state index >= 15 is 0 Å². The molecular weight excluding hydrogens is 398 g/mol. The van der Waals surface area contributed by atoms with Gasteiger partial charge in [-0.3, -0.25) is 0 Å². The summed E-state index contributed by atoms with van der Waals surface area (Å²) < 4.78 is 36.1. The normalized spacial score (nSPS) is 21.4. The van der Waals surface area contributed by atoms with Gasteiger partial charge in [-0.1, -0.05) is 42.5 Å². The zero-order valence-corrected chi connectivity index (χ0v) is 17.9. The van der Waals surface area contributed by atoms with E-state index in [-0.39, 0.29) is 6.04 Å². The Morgan fingerprint density at radius 2 is 1.83 bits per heavy atom. The van der Waals surface area contributed by atoms with Crippen LogP contribution in [0.3, 0.4) is 0 Å². The molecule has 30 heavy (non-hydrogen) atoms. The summed E-state index contributed by atoms with van der Waals surface area (Å²) in [5.74, 6) is 0.774. The Labute approximate surface area is 178 Å². The minimum atomic E-state index is -3.42. The summed E-state index contributed by atoms with van der Waals surface area (Å²) in [4.78, 5) is 4.01. The number of imidazole rings is 1. The lowest BCUT2D eigenvalue weighted by atomic mass is 10.0. The van der Waals surface area contributed by atoms with Gasteiger partial charge in [-0.15, -0.1) is 0 Å². The molecule has 158 valence electrons. The molecule has 2 aromatic carbocycles. The molecule has 0 radical (unpaired) electrons. The molecule has 1 aromatic heterocycles. The van der Waals surface area contributed by atoms with E-state index in [0.29, 0.717) is 19.6 Å². The minimum absolute atomic E-state index is 0.0129. The molecule has 0 saturated carbocycles. The summed E-state index contributed by atoms with van der Waals surface area (Å²) in [7, 11) is -3.42. The topological polar surface area (TPSA) is 64.4 Å². The highest BCUT2D eigenvalue weighted by Crippen LogP contribution is 2.38. The van der Waals surface area contributed by atoms with Crippen LogP contribution in [0.2, 0.25) is 0 Å². The first kappa shape index (κ1) is 20.6. The standard InChI is InChI=1S/C23H27N3O3S/c1-19-7-12-23(21-5-3-2-4-6-21)30(27,28)26(19)17-20-8-10-22(11-9-20)29-16-15-25-14-13-24-18-25/h2-6,8-11,13-14,18-19,23H,7,12,15-17H2,1H3/t19-,23?/m0/s1. The third-order valence-corrected chi connectivity index (χ3v) is 8.00. The van der Waals surface area contributed by atoms with Crippen LogP contribution in [-0.4, -0.2) is 34.9 Å². The van der Waals surface area contributed by atoms with Crippen LogP contribution < -0.4 is 4.74 Å². The molecule has 3 aromatic rings. The van der Waals surface area contributed by atoms with E-state index in [0.717, 1.165) is 29.8 Å². The van der Waals surface area contributed by atoms with Gasteiger partial charge in [0.05, 0.1) is 12.9 Å². The van der Waals surface area contributed by atoms with Crippen LogP contribution in [0.4, 0.5) is 0 Å². The molecule has 1 saturated heterocycles. The number of hydrogen-bond acceptors (Lipinski definition) is 4. The fourth-order valence-electron chi connectivity index (χ4n) is 3.91. The Morgan fingerprint density at radius 1 is 1.07 bits per heavy atom. The van der Waals surface area contributed by atoms with Crippen molar-refractivity contribution in [2.75, 3.05) is 6.61 Å². The van der Waals surface area contributed by atoms with E-state index in [4.69, 9.17) is 4.74 Å². The second-order valence-corrected chi connectivity index (χ2v) is 9.78. The Hall–Kier alpha value is -2.64. The second kappa shape index (κ2) is 9.02. The van der Waals surface area contributed by atoms with Crippen molar-refractivity contribution in [2.45, 2.75) is 44.1 Å². The summed E-state index contributed by atoms with van der Waals surface area (Å²) in [6.07, 6.45) is 6.92. The Bertz CT molecular complexity index is 1040. The molecule has 0 N–H and O–H groups in total. The summed E-state index contributed by atoms with van der Waals surface area (Å²) in [5.41, 5.74) is 1.83. The Morgan fingerprint density at radius 3 is 2.53 bits per heavy atom. The maximum absolute atomic E-state index is 13.3. The van der Waals surface area contributed by atoms with E-state index in [1.165, 1.54) is 0 Å². The van der Waals surface area contributed by atoms with E-state index in [2.05, 4.69) is 4.98 Å². The average molecular weight is 426 g/mol. The molecule has 6 nitrogen and oxygen atoms in total. The fraction of sp³-hybridized carbons (Fsp3) is 0.348.